The first-order valence-electron chi connectivity index (χ1n) is 19.6. The number of nitro groups is 1. The minimum absolute atomic E-state index is 0.140. The zero-order valence-electron chi connectivity index (χ0n) is 31.2. The van der Waals surface area contributed by atoms with E-state index in [0.717, 1.165) is 53.5 Å². The van der Waals surface area contributed by atoms with Crippen LogP contribution in [0.4, 0.5) is 5.69 Å². The van der Waals surface area contributed by atoms with Crippen LogP contribution < -0.4 is 9.47 Å². The number of hydrogen-bond acceptors (Lipinski definition) is 7. The number of nitrogens with zero attached hydrogens (tertiary/aromatic N) is 2. The fourth-order valence-corrected chi connectivity index (χ4v) is 6.67. The van der Waals surface area contributed by atoms with E-state index in [-0.39, 0.29) is 29.0 Å². The number of carbonyl (C=O) groups excluding carboxylic acids is 3. The molecule has 0 unspecified atom stereocenters. The zero-order valence-corrected chi connectivity index (χ0v) is 31.2. The Hall–Kier alpha value is -4.53. The molecule has 9 heteroatoms. The average molecular weight is 713 g/mol. The molecule has 1 heterocycles. The van der Waals surface area contributed by atoms with Crippen molar-refractivity contribution in [2.24, 2.45) is 0 Å². The van der Waals surface area contributed by atoms with Crippen LogP contribution in [0.3, 0.4) is 0 Å². The van der Waals surface area contributed by atoms with E-state index in [1.165, 1.54) is 89.5 Å². The van der Waals surface area contributed by atoms with E-state index in [9.17, 15) is 24.5 Å². The number of ether oxygens (including phenoxy) is 2. The molecule has 1 aliphatic rings. The van der Waals surface area contributed by atoms with Crippen LogP contribution in [0.25, 0.3) is 11.1 Å². The highest BCUT2D eigenvalue weighted by Gasteiger charge is 2.42. The number of unbranched alkanes of at least 4 members (excludes halogenated alkanes) is 16. The molecule has 280 valence electrons. The van der Waals surface area contributed by atoms with Gasteiger partial charge >= 0.3 is 5.97 Å². The van der Waals surface area contributed by atoms with Gasteiger partial charge in [-0.25, -0.2) is 4.79 Å². The Morgan fingerprint density at radius 1 is 0.635 bits per heavy atom. The van der Waals surface area contributed by atoms with Gasteiger partial charge in [-0.15, -0.1) is 0 Å². The van der Waals surface area contributed by atoms with Crippen molar-refractivity contribution in [1.82, 2.24) is 4.90 Å². The predicted molar refractivity (Wildman–Crippen MR) is 205 cm³/mol. The lowest BCUT2D eigenvalue weighted by Crippen LogP contribution is -2.30. The summed E-state index contributed by atoms with van der Waals surface area (Å²) in [5.41, 5.74) is 0.727. The van der Waals surface area contributed by atoms with Crippen molar-refractivity contribution in [1.29, 1.82) is 0 Å². The fourth-order valence-electron chi connectivity index (χ4n) is 6.67. The number of fused-ring (bicyclic) bond motifs is 1. The number of rotatable bonds is 25. The maximum atomic E-state index is 13.2. The van der Waals surface area contributed by atoms with Crippen LogP contribution in [0.5, 0.6) is 11.5 Å². The van der Waals surface area contributed by atoms with Crippen molar-refractivity contribution in [3.8, 4) is 22.6 Å². The number of carbonyl (C=O) groups is 3. The van der Waals surface area contributed by atoms with Gasteiger partial charge in [0.15, 0.2) is 0 Å². The molecule has 9 nitrogen and oxygen atoms in total. The van der Waals surface area contributed by atoms with Crippen molar-refractivity contribution in [3.05, 3.63) is 87.5 Å². The van der Waals surface area contributed by atoms with Crippen molar-refractivity contribution in [2.45, 2.75) is 129 Å². The Morgan fingerprint density at radius 3 is 1.63 bits per heavy atom. The lowest BCUT2D eigenvalue weighted by atomic mass is 10.0. The molecular formula is C43H56N2O7. The van der Waals surface area contributed by atoms with Gasteiger partial charge in [-0.05, 0) is 54.3 Å². The lowest BCUT2D eigenvalue weighted by molar-refractivity contribution is -0.385. The fraction of sp³-hybridized carbons (Fsp3) is 0.512. The molecule has 0 saturated heterocycles. The maximum Gasteiger partial charge on any atom is 0.343 e. The van der Waals surface area contributed by atoms with E-state index in [2.05, 4.69) is 13.8 Å². The SMILES string of the molecule is CCCCCCCCCCCCN1C(=O)c2cc(C(=O)Oc3ccc(-c4ccc(OCCCCCCCCCC)cc4)cc3)cc([N+](=O)[O-])c2C1=O. The molecule has 3 aromatic rings. The van der Waals surface area contributed by atoms with E-state index in [0.29, 0.717) is 13.0 Å². The molecule has 52 heavy (non-hydrogen) atoms. The highest BCUT2D eigenvalue weighted by atomic mass is 16.6. The van der Waals surface area contributed by atoms with Gasteiger partial charge in [0.1, 0.15) is 17.1 Å². The largest absolute Gasteiger partial charge is 0.494 e. The van der Waals surface area contributed by atoms with Gasteiger partial charge in [-0.1, -0.05) is 141 Å². The number of hydrogen-bond donors (Lipinski definition) is 0. The standard InChI is InChI=1S/C43H56N2O7/c1-3-5-7-9-11-13-14-15-17-19-29-44-41(46)38-31-35(32-39(45(49)50)40(38)42(44)47)43(48)52-37-27-23-34(24-28-37)33-21-25-36(26-22-33)51-30-20-18-16-12-10-8-6-4-2/h21-28,31-32H,3-20,29-30H2,1-2H3. The monoisotopic (exact) mass is 712 g/mol. The minimum Gasteiger partial charge on any atom is -0.494 e. The molecule has 0 saturated carbocycles. The highest BCUT2D eigenvalue weighted by molar-refractivity contribution is 6.23. The van der Waals surface area contributed by atoms with Gasteiger partial charge in [0.2, 0.25) is 0 Å². The zero-order chi connectivity index (χ0) is 37.1. The van der Waals surface area contributed by atoms with Crippen LogP contribution in [0, 0.1) is 10.1 Å². The van der Waals surface area contributed by atoms with Crippen LogP contribution in [-0.2, 0) is 0 Å². The van der Waals surface area contributed by atoms with E-state index >= 15 is 0 Å². The van der Waals surface area contributed by atoms with Crippen LogP contribution in [0.1, 0.15) is 160 Å². The molecule has 0 atom stereocenters. The molecule has 0 bridgehead atoms. The summed E-state index contributed by atoms with van der Waals surface area (Å²) >= 11 is 0. The molecule has 0 fully saturated rings. The van der Waals surface area contributed by atoms with Gasteiger partial charge in [0.25, 0.3) is 17.5 Å². The van der Waals surface area contributed by atoms with Crippen molar-refractivity contribution in [2.75, 3.05) is 13.2 Å². The summed E-state index contributed by atoms with van der Waals surface area (Å²) < 4.78 is 11.5. The molecule has 1 aliphatic heterocycles. The smallest absolute Gasteiger partial charge is 0.343 e. The summed E-state index contributed by atoms with van der Waals surface area (Å²) in [6.07, 6.45) is 21.1. The first kappa shape index (κ1) is 40.2. The summed E-state index contributed by atoms with van der Waals surface area (Å²) in [6, 6.07) is 17.0. The average Bonchev–Trinajstić information content (AvgIpc) is 3.39. The van der Waals surface area contributed by atoms with E-state index in [1.54, 1.807) is 12.1 Å². The third-order valence-electron chi connectivity index (χ3n) is 9.74. The molecule has 4 rings (SSSR count). The molecule has 0 N–H and O–H groups in total. The van der Waals surface area contributed by atoms with Gasteiger partial charge in [0, 0.05) is 12.6 Å². The molecule has 0 aliphatic carbocycles. The van der Waals surface area contributed by atoms with Crippen LogP contribution in [0.2, 0.25) is 0 Å². The number of imide groups is 1. The second kappa shape index (κ2) is 21.7. The Bertz CT molecular complexity index is 1600. The van der Waals surface area contributed by atoms with Gasteiger partial charge < -0.3 is 9.47 Å². The third-order valence-corrected chi connectivity index (χ3v) is 9.74. The topological polar surface area (TPSA) is 116 Å². The van der Waals surface area contributed by atoms with E-state index < -0.39 is 28.4 Å². The second-order valence-corrected chi connectivity index (χ2v) is 13.9. The van der Waals surface area contributed by atoms with Gasteiger partial charge in [-0.3, -0.25) is 24.6 Å². The van der Waals surface area contributed by atoms with E-state index in [4.69, 9.17) is 9.47 Å². The predicted octanol–water partition coefficient (Wildman–Crippen LogP) is 11.5. The minimum atomic E-state index is -0.856. The molecule has 0 radical (unpaired) electrons. The molecule has 0 spiro atoms. The van der Waals surface area contributed by atoms with Crippen molar-refractivity contribution < 1.29 is 28.8 Å². The summed E-state index contributed by atoms with van der Waals surface area (Å²) in [4.78, 5) is 51.9. The number of benzene rings is 3. The Labute approximate surface area is 309 Å². The molecule has 2 amide bonds. The second-order valence-electron chi connectivity index (χ2n) is 13.9. The Morgan fingerprint density at radius 2 is 1.12 bits per heavy atom. The summed E-state index contributed by atoms with van der Waals surface area (Å²) in [7, 11) is 0. The summed E-state index contributed by atoms with van der Waals surface area (Å²) in [6.45, 7) is 5.32. The molecule has 3 aromatic carbocycles. The quantitative estimate of drug-likeness (QED) is 0.0214. The van der Waals surface area contributed by atoms with Gasteiger partial charge in [0.05, 0.1) is 22.7 Å². The third kappa shape index (κ3) is 12.0. The van der Waals surface area contributed by atoms with Crippen molar-refractivity contribution in [3.63, 3.8) is 0 Å². The van der Waals surface area contributed by atoms with Crippen LogP contribution >= 0.6 is 0 Å². The normalized spacial score (nSPS) is 12.3. The first-order chi connectivity index (χ1) is 25.3. The van der Waals surface area contributed by atoms with Crippen molar-refractivity contribution >= 4 is 23.5 Å². The van der Waals surface area contributed by atoms with E-state index in [1.807, 2.05) is 36.4 Å². The highest BCUT2D eigenvalue weighted by Crippen LogP contribution is 2.33. The van der Waals surface area contributed by atoms with Crippen LogP contribution in [0.15, 0.2) is 60.7 Å². The maximum absolute atomic E-state index is 13.2. The lowest BCUT2D eigenvalue weighted by Gasteiger charge is -2.13. The first-order valence-corrected chi connectivity index (χ1v) is 19.6. The molecule has 0 aromatic heterocycles. The Balaban J connectivity index is 1.27. The molecular weight excluding hydrogens is 656 g/mol. The number of esters is 1. The summed E-state index contributed by atoms with van der Waals surface area (Å²) in [5, 5.41) is 12.0. The Kier molecular flexibility index (Phi) is 16.8. The number of nitro benzene ring substituents is 1. The summed E-state index contributed by atoms with van der Waals surface area (Å²) in [5.74, 6) is -1.11. The van der Waals surface area contributed by atoms with Gasteiger partial charge in [-0.2, -0.15) is 0 Å². The van der Waals surface area contributed by atoms with Crippen LogP contribution in [-0.4, -0.2) is 40.8 Å². The number of amides is 2.